The number of carbonyl (C=O) groups excluding carboxylic acids is 1. The number of carbonyl (C=O) groups is 2. The number of rotatable bonds is 11. The van der Waals surface area contributed by atoms with Gasteiger partial charge in [0.25, 0.3) is 0 Å². The molecule has 3 aromatic rings. The minimum absolute atomic E-state index is 0.0323. The molecule has 3 rings (SSSR count). The second-order valence-electron chi connectivity index (χ2n) is 7.53. The van der Waals surface area contributed by atoms with Crippen LogP contribution in [0.3, 0.4) is 0 Å². The van der Waals surface area contributed by atoms with Crippen molar-refractivity contribution in [3.63, 3.8) is 0 Å². The number of fused-ring (bicyclic) bond motifs is 1. The number of hydrogen-bond acceptors (Lipinski definition) is 9. The summed E-state index contributed by atoms with van der Waals surface area (Å²) >= 11 is 0. The Morgan fingerprint density at radius 1 is 1.12 bits per heavy atom. The van der Waals surface area contributed by atoms with Gasteiger partial charge in [0.1, 0.15) is 0 Å². The largest absolute Gasteiger partial charge is 0.481 e. The highest BCUT2D eigenvalue weighted by atomic mass is 16.4. The van der Waals surface area contributed by atoms with Gasteiger partial charge in [0.15, 0.2) is 22.8 Å². The lowest BCUT2D eigenvalue weighted by Crippen LogP contribution is -2.24. The number of carboxylic acids is 1. The second kappa shape index (κ2) is 10.6. The molecule has 0 saturated carbocycles. The van der Waals surface area contributed by atoms with Gasteiger partial charge in [-0.25, -0.2) is 9.97 Å². The lowest BCUT2D eigenvalue weighted by molar-refractivity contribution is -0.137. The maximum Gasteiger partial charge on any atom is 0.303 e. The summed E-state index contributed by atoms with van der Waals surface area (Å²) < 4.78 is 0. The highest BCUT2D eigenvalue weighted by molar-refractivity contribution is 5.97. The van der Waals surface area contributed by atoms with Crippen molar-refractivity contribution < 1.29 is 14.7 Å². The third-order valence-electron chi connectivity index (χ3n) is 5.18. The fraction of sp³-hybridized carbons (Fsp3) is 0.364. The molecule has 1 unspecified atom stereocenters. The number of Topliss-reactive ketones (excluding diaryl/α,β-unsaturated/α-hetero) is 1. The van der Waals surface area contributed by atoms with Crippen molar-refractivity contribution in [2.45, 2.75) is 38.5 Å². The number of aliphatic carboxylic acids is 1. The van der Waals surface area contributed by atoms with Crippen LogP contribution in [0, 0.1) is 0 Å². The minimum Gasteiger partial charge on any atom is -0.481 e. The number of carboxylic acid groups (broad SMARTS) is 1. The van der Waals surface area contributed by atoms with Crippen molar-refractivity contribution in [2.24, 2.45) is 0 Å². The molecule has 0 amide bonds. The number of aromatic nitrogens is 4. The third-order valence-corrected chi connectivity index (χ3v) is 5.18. The first-order chi connectivity index (χ1) is 15.4. The number of anilines is 2. The fourth-order valence-electron chi connectivity index (χ4n) is 3.44. The van der Waals surface area contributed by atoms with Gasteiger partial charge in [0.05, 0.1) is 18.4 Å². The van der Waals surface area contributed by atoms with Crippen LogP contribution in [-0.4, -0.2) is 49.9 Å². The molecule has 0 fully saturated rings. The van der Waals surface area contributed by atoms with E-state index >= 15 is 0 Å². The zero-order chi connectivity index (χ0) is 23.1. The lowest BCUT2D eigenvalue weighted by atomic mass is 9.91. The van der Waals surface area contributed by atoms with Crippen LogP contribution in [0.1, 0.15) is 53.7 Å². The molecule has 1 atom stereocenters. The summed E-state index contributed by atoms with van der Waals surface area (Å²) in [5.41, 5.74) is 14.8. The smallest absolute Gasteiger partial charge is 0.303 e. The van der Waals surface area contributed by atoms with Gasteiger partial charge in [0, 0.05) is 12.0 Å². The van der Waals surface area contributed by atoms with Crippen molar-refractivity contribution in [1.82, 2.24) is 25.3 Å². The van der Waals surface area contributed by atoms with Crippen LogP contribution in [0.5, 0.6) is 0 Å². The molecular weight excluding hydrogens is 410 g/mol. The quantitative estimate of drug-likeness (QED) is 0.257. The average Bonchev–Trinajstić information content (AvgIpc) is 2.77. The molecule has 0 radical (unpaired) electrons. The monoisotopic (exact) mass is 437 g/mol. The van der Waals surface area contributed by atoms with Crippen LogP contribution >= 0.6 is 0 Å². The Bertz CT molecular complexity index is 1100. The molecule has 1 aromatic carbocycles. The number of ketones is 1. The Hall–Kier alpha value is -3.66. The third kappa shape index (κ3) is 5.94. The number of hydrogen-bond donors (Lipinski definition) is 4. The van der Waals surface area contributed by atoms with Crippen LogP contribution in [0.15, 0.2) is 30.5 Å². The predicted molar refractivity (Wildman–Crippen MR) is 121 cm³/mol. The molecule has 0 saturated heterocycles. The van der Waals surface area contributed by atoms with E-state index in [0.29, 0.717) is 36.1 Å². The number of nitrogen functional groups attached to an aromatic ring is 2. The Balaban J connectivity index is 1.63. The standard InChI is InChI=1S/C22H27N7O3/c1-2-13(10-16-11-26-21-19(27-16)20(23)28-22(24)29-21)14-5-7-15(8-6-14)17(30)12-25-9-3-4-18(31)32/h5-8,11,13,25H,2-4,9-10,12H2,1H3,(H,31,32)(H4,23,24,26,28,29). The van der Waals surface area contributed by atoms with E-state index in [4.69, 9.17) is 16.6 Å². The second-order valence-corrected chi connectivity index (χ2v) is 7.53. The van der Waals surface area contributed by atoms with E-state index in [0.717, 1.165) is 17.7 Å². The van der Waals surface area contributed by atoms with Gasteiger partial charge < -0.3 is 21.9 Å². The Morgan fingerprint density at radius 3 is 2.56 bits per heavy atom. The van der Waals surface area contributed by atoms with Gasteiger partial charge in [-0.1, -0.05) is 31.2 Å². The molecule has 0 aliphatic rings. The topological polar surface area (TPSA) is 170 Å². The van der Waals surface area contributed by atoms with Crippen LogP contribution in [0.4, 0.5) is 11.8 Å². The van der Waals surface area contributed by atoms with Crippen molar-refractivity contribution in [3.05, 3.63) is 47.3 Å². The molecule has 0 bridgehead atoms. The zero-order valence-corrected chi connectivity index (χ0v) is 17.9. The molecule has 0 spiro atoms. The summed E-state index contributed by atoms with van der Waals surface area (Å²) in [5.74, 6) is -0.413. The SMILES string of the molecule is CCC(Cc1cnc2nc(N)nc(N)c2n1)c1ccc(C(=O)CNCCCC(=O)O)cc1. The van der Waals surface area contributed by atoms with Crippen LogP contribution in [0.25, 0.3) is 11.2 Å². The number of nitrogens with one attached hydrogen (secondary N) is 1. The summed E-state index contributed by atoms with van der Waals surface area (Å²) in [5, 5.41) is 11.6. The van der Waals surface area contributed by atoms with E-state index in [9.17, 15) is 9.59 Å². The van der Waals surface area contributed by atoms with Crippen LogP contribution < -0.4 is 16.8 Å². The van der Waals surface area contributed by atoms with Gasteiger partial charge in [0.2, 0.25) is 5.95 Å². The van der Waals surface area contributed by atoms with Crippen LogP contribution in [0.2, 0.25) is 0 Å². The summed E-state index contributed by atoms with van der Waals surface area (Å²) in [6.07, 6.45) is 3.78. The van der Waals surface area contributed by atoms with E-state index in [1.165, 1.54) is 0 Å². The number of nitrogens with two attached hydrogens (primary N) is 2. The number of benzene rings is 1. The molecule has 2 heterocycles. The van der Waals surface area contributed by atoms with Crippen molar-refractivity contribution in [3.8, 4) is 0 Å². The normalized spacial score (nSPS) is 12.0. The molecule has 6 N–H and O–H groups in total. The van der Waals surface area contributed by atoms with Gasteiger partial charge in [-0.2, -0.15) is 9.97 Å². The first-order valence-corrected chi connectivity index (χ1v) is 10.5. The molecule has 2 aromatic heterocycles. The Labute approximate surface area is 185 Å². The van der Waals surface area contributed by atoms with Crippen molar-refractivity contribution in [1.29, 1.82) is 0 Å². The Morgan fingerprint density at radius 2 is 1.88 bits per heavy atom. The summed E-state index contributed by atoms with van der Waals surface area (Å²) in [4.78, 5) is 39.7. The highest BCUT2D eigenvalue weighted by Gasteiger charge is 2.15. The average molecular weight is 438 g/mol. The molecular formula is C22H27N7O3. The van der Waals surface area contributed by atoms with Crippen molar-refractivity contribution >= 4 is 34.7 Å². The first kappa shape index (κ1) is 23.0. The molecule has 0 aliphatic carbocycles. The molecule has 10 nitrogen and oxygen atoms in total. The van der Waals surface area contributed by atoms with Gasteiger partial charge >= 0.3 is 5.97 Å². The molecule has 32 heavy (non-hydrogen) atoms. The lowest BCUT2D eigenvalue weighted by Gasteiger charge is -2.16. The van der Waals surface area contributed by atoms with Gasteiger partial charge in [-0.3, -0.25) is 9.59 Å². The minimum atomic E-state index is -0.838. The van der Waals surface area contributed by atoms with E-state index in [1.54, 1.807) is 6.20 Å². The highest BCUT2D eigenvalue weighted by Crippen LogP contribution is 2.25. The summed E-state index contributed by atoms with van der Waals surface area (Å²) in [6.45, 7) is 2.76. The summed E-state index contributed by atoms with van der Waals surface area (Å²) in [7, 11) is 0. The maximum atomic E-state index is 12.3. The first-order valence-electron chi connectivity index (χ1n) is 10.5. The van der Waals surface area contributed by atoms with Gasteiger partial charge in [-0.15, -0.1) is 0 Å². The fourth-order valence-corrected chi connectivity index (χ4v) is 3.44. The predicted octanol–water partition coefficient (Wildman–Crippen LogP) is 1.96. The molecule has 0 aliphatic heterocycles. The zero-order valence-electron chi connectivity index (χ0n) is 17.9. The van der Waals surface area contributed by atoms with Gasteiger partial charge in [-0.05, 0) is 37.3 Å². The van der Waals surface area contributed by atoms with Crippen LogP contribution in [-0.2, 0) is 11.2 Å². The van der Waals surface area contributed by atoms with E-state index in [-0.39, 0.29) is 36.4 Å². The Kier molecular flexibility index (Phi) is 7.61. The maximum absolute atomic E-state index is 12.3. The molecule has 168 valence electrons. The van der Waals surface area contributed by atoms with E-state index in [2.05, 4.69) is 32.2 Å². The van der Waals surface area contributed by atoms with E-state index < -0.39 is 5.97 Å². The summed E-state index contributed by atoms with van der Waals surface area (Å²) in [6, 6.07) is 7.55. The number of nitrogens with zero attached hydrogens (tertiary/aromatic N) is 4. The van der Waals surface area contributed by atoms with Crippen molar-refractivity contribution in [2.75, 3.05) is 24.6 Å². The van der Waals surface area contributed by atoms with E-state index in [1.807, 2.05) is 24.3 Å². The molecule has 10 heteroatoms.